The van der Waals surface area contributed by atoms with E-state index in [0.717, 1.165) is 10.9 Å². The van der Waals surface area contributed by atoms with Gasteiger partial charge in [-0.3, -0.25) is 9.59 Å². The number of alkyl halides is 3. The van der Waals surface area contributed by atoms with E-state index in [2.05, 4.69) is 9.72 Å². The van der Waals surface area contributed by atoms with Gasteiger partial charge in [-0.2, -0.15) is 0 Å². The molecule has 10 heteroatoms. The van der Waals surface area contributed by atoms with Crippen molar-refractivity contribution in [2.45, 2.75) is 25.1 Å². The van der Waals surface area contributed by atoms with E-state index in [0.29, 0.717) is 33.1 Å². The van der Waals surface area contributed by atoms with Crippen LogP contribution in [0.1, 0.15) is 33.3 Å². The van der Waals surface area contributed by atoms with Crippen molar-refractivity contribution >= 4 is 39.6 Å². The highest BCUT2D eigenvalue weighted by Crippen LogP contribution is 2.39. The molecule has 0 fully saturated rings. The van der Waals surface area contributed by atoms with Crippen molar-refractivity contribution in [3.63, 3.8) is 0 Å². The Morgan fingerprint density at radius 2 is 1.79 bits per heavy atom. The standard InChI is InChI=1S/C24H15ClF3NO4S/c25-13-4-5-17-16(10-13)23(31)22-18(29-17)8-12(9-19(22)30)20-6-7-21(34-20)32-14-2-1-3-15(11-14)33-24(26,27)28/h1-7,10-12H,8-9H2,(H,29,31). The van der Waals surface area contributed by atoms with E-state index < -0.39 is 6.36 Å². The lowest BCUT2D eigenvalue weighted by Gasteiger charge is -2.22. The summed E-state index contributed by atoms with van der Waals surface area (Å²) in [5.74, 6) is -0.603. The van der Waals surface area contributed by atoms with Crippen LogP contribution in [0, 0.1) is 0 Å². The number of H-pyrrole nitrogens is 1. The third kappa shape index (κ3) is 4.53. The van der Waals surface area contributed by atoms with E-state index in [9.17, 15) is 22.8 Å². The van der Waals surface area contributed by atoms with Crippen LogP contribution in [-0.4, -0.2) is 17.1 Å². The minimum absolute atomic E-state index is 0.164. The minimum atomic E-state index is -4.79. The number of hydrogen-bond donors (Lipinski definition) is 1. The molecule has 0 radical (unpaired) electrons. The van der Waals surface area contributed by atoms with Crippen LogP contribution >= 0.6 is 22.9 Å². The van der Waals surface area contributed by atoms with E-state index >= 15 is 0 Å². The summed E-state index contributed by atoms with van der Waals surface area (Å²) in [5.41, 5.74) is 1.03. The highest BCUT2D eigenvalue weighted by molar-refractivity contribution is 7.13. The molecule has 2 aromatic carbocycles. The second kappa shape index (κ2) is 8.48. The summed E-state index contributed by atoms with van der Waals surface area (Å²) in [7, 11) is 0. The summed E-state index contributed by atoms with van der Waals surface area (Å²) in [6.45, 7) is 0. The maximum Gasteiger partial charge on any atom is 0.573 e. The molecule has 1 unspecified atom stereocenters. The van der Waals surface area contributed by atoms with Crippen LogP contribution in [0.5, 0.6) is 16.6 Å². The van der Waals surface area contributed by atoms with Crippen LogP contribution in [0.2, 0.25) is 5.02 Å². The third-order valence-corrected chi connectivity index (χ3v) is 6.82. The van der Waals surface area contributed by atoms with Crippen molar-refractivity contribution in [3.05, 3.63) is 86.0 Å². The largest absolute Gasteiger partial charge is 0.573 e. The molecule has 1 aliphatic carbocycles. The van der Waals surface area contributed by atoms with Crippen molar-refractivity contribution in [1.29, 1.82) is 0 Å². The molecule has 0 amide bonds. The average Bonchev–Trinajstić information content (AvgIpc) is 3.21. The van der Waals surface area contributed by atoms with Crippen LogP contribution in [0.15, 0.2) is 59.4 Å². The molecule has 0 bridgehead atoms. The van der Waals surface area contributed by atoms with Gasteiger partial charge in [0.25, 0.3) is 0 Å². The van der Waals surface area contributed by atoms with Crippen molar-refractivity contribution < 1.29 is 27.4 Å². The maximum absolute atomic E-state index is 12.9. The highest BCUT2D eigenvalue weighted by atomic mass is 35.5. The number of carbonyl (C=O) groups excluding carboxylic acids is 1. The number of rotatable bonds is 4. The number of benzene rings is 2. The zero-order chi connectivity index (χ0) is 24.0. The first-order chi connectivity index (χ1) is 16.2. The quantitative estimate of drug-likeness (QED) is 0.329. The molecule has 0 saturated heterocycles. The molecule has 1 atom stereocenters. The Bertz CT molecular complexity index is 1480. The van der Waals surface area contributed by atoms with E-state index in [1.165, 1.54) is 29.5 Å². The lowest BCUT2D eigenvalue weighted by atomic mass is 9.84. The van der Waals surface area contributed by atoms with Gasteiger partial charge in [0.2, 0.25) is 5.43 Å². The molecule has 174 valence electrons. The summed E-state index contributed by atoms with van der Waals surface area (Å²) in [6.07, 6.45) is -4.17. The van der Waals surface area contributed by atoms with Gasteiger partial charge in [0.15, 0.2) is 10.8 Å². The van der Waals surface area contributed by atoms with Crippen molar-refractivity contribution in [1.82, 2.24) is 4.98 Å². The molecule has 4 aromatic rings. The van der Waals surface area contributed by atoms with E-state index in [-0.39, 0.29) is 40.6 Å². The number of ketones is 1. The molecule has 5 rings (SSSR count). The predicted octanol–water partition coefficient (Wildman–Crippen LogP) is 6.85. The summed E-state index contributed by atoms with van der Waals surface area (Å²) in [6, 6.07) is 13.7. The predicted molar refractivity (Wildman–Crippen MR) is 122 cm³/mol. The SMILES string of the molecule is O=C1CC(c2ccc(Oc3cccc(OC(F)(F)F)c3)s2)Cc2[nH]c3ccc(Cl)cc3c(=O)c21. The number of ether oxygens (including phenoxy) is 2. The molecular formula is C24H15ClF3NO4S. The summed E-state index contributed by atoms with van der Waals surface area (Å²) in [4.78, 5) is 29.9. The smallest absolute Gasteiger partial charge is 0.447 e. The fraction of sp³-hybridized carbons (Fsp3) is 0.167. The van der Waals surface area contributed by atoms with Gasteiger partial charge in [-0.1, -0.05) is 17.7 Å². The third-order valence-electron chi connectivity index (χ3n) is 5.46. The average molecular weight is 506 g/mol. The Kier molecular flexibility index (Phi) is 5.61. The van der Waals surface area contributed by atoms with E-state index in [1.54, 1.807) is 24.3 Å². The number of halogens is 4. The zero-order valence-electron chi connectivity index (χ0n) is 17.2. The van der Waals surface area contributed by atoms with Crippen LogP contribution < -0.4 is 14.9 Å². The number of carbonyl (C=O) groups is 1. The van der Waals surface area contributed by atoms with Crippen LogP contribution in [0.3, 0.4) is 0 Å². The first-order valence-electron chi connectivity index (χ1n) is 10.2. The lowest BCUT2D eigenvalue weighted by molar-refractivity contribution is -0.274. The first kappa shape index (κ1) is 22.5. The molecule has 0 saturated carbocycles. The Labute approximate surface area is 199 Å². The molecule has 2 heterocycles. The van der Waals surface area contributed by atoms with Crippen LogP contribution in [-0.2, 0) is 6.42 Å². The number of aromatic amines is 1. The minimum Gasteiger partial charge on any atom is -0.447 e. The van der Waals surface area contributed by atoms with Crippen molar-refractivity contribution in [3.8, 4) is 16.6 Å². The molecule has 34 heavy (non-hydrogen) atoms. The van der Waals surface area contributed by atoms with Crippen LogP contribution in [0.4, 0.5) is 13.2 Å². The van der Waals surface area contributed by atoms with Gasteiger partial charge >= 0.3 is 6.36 Å². The summed E-state index contributed by atoms with van der Waals surface area (Å²) < 4.78 is 47.0. The number of hydrogen-bond acceptors (Lipinski definition) is 5. The van der Waals surface area contributed by atoms with Gasteiger partial charge in [0.1, 0.15) is 11.5 Å². The number of aromatic nitrogens is 1. The number of nitrogens with one attached hydrogen (secondary N) is 1. The van der Waals surface area contributed by atoms with Crippen LogP contribution in [0.25, 0.3) is 10.9 Å². The van der Waals surface area contributed by atoms with Gasteiger partial charge in [-0.25, -0.2) is 0 Å². The van der Waals surface area contributed by atoms with E-state index in [1.807, 2.05) is 6.07 Å². The Morgan fingerprint density at radius 3 is 2.59 bits per heavy atom. The molecule has 0 aliphatic heterocycles. The maximum atomic E-state index is 12.9. The fourth-order valence-electron chi connectivity index (χ4n) is 4.06. The lowest BCUT2D eigenvalue weighted by Crippen LogP contribution is -2.27. The van der Waals surface area contributed by atoms with Gasteiger partial charge in [0, 0.05) is 44.9 Å². The monoisotopic (exact) mass is 505 g/mol. The molecular weight excluding hydrogens is 491 g/mol. The molecule has 2 aromatic heterocycles. The second-order valence-electron chi connectivity index (χ2n) is 7.81. The van der Waals surface area contributed by atoms with Gasteiger partial charge in [-0.15, -0.1) is 24.5 Å². The Balaban J connectivity index is 1.38. The van der Waals surface area contributed by atoms with E-state index in [4.69, 9.17) is 16.3 Å². The summed E-state index contributed by atoms with van der Waals surface area (Å²) >= 11 is 7.30. The molecule has 1 N–H and O–H groups in total. The van der Waals surface area contributed by atoms with Crippen molar-refractivity contribution in [2.75, 3.05) is 0 Å². The normalized spacial score (nSPS) is 15.9. The fourth-order valence-corrected chi connectivity index (χ4v) is 5.21. The summed E-state index contributed by atoms with van der Waals surface area (Å²) in [5, 5.41) is 1.25. The number of pyridine rings is 1. The Hall–Kier alpha value is -3.30. The number of Topliss-reactive ketones (excluding diaryl/α,β-unsaturated/α-hetero) is 1. The topological polar surface area (TPSA) is 68.4 Å². The number of fused-ring (bicyclic) bond motifs is 2. The van der Waals surface area contributed by atoms with Gasteiger partial charge in [0.05, 0.1) is 5.56 Å². The number of thiophene rings is 1. The highest BCUT2D eigenvalue weighted by Gasteiger charge is 2.32. The van der Waals surface area contributed by atoms with Crippen molar-refractivity contribution in [2.24, 2.45) is 0 Å². The first-order valence-corrected chi connectivity index (χ1v) is 11.4. The second-order valence-corrected chi connectivity index (χ2v) is 9.32. The molecule has 0 spiro atoms. The van der Waals surface area contributed by atoms with Gasteiger partial charge < -0.3 is 14.5 Å². The van der Waals surface area contributed by atoms with Gasteiger partial charge in [-0.05, 0) is 48.9 Å². The molecule has 1 aliphatic rings. The Morgan fingerprint density at radius 1 is 1.00 bits per heavy atom. The zero-order valence-corrected chi connectivity index (χ0v) is 18.8. The molecule has 5 nitrogen and oxygen atoms in total.